The molecule has 102 valence electrons. The van der Waals surface area contributed by atoms with E-state index in [-0.39, 0.29) is 11.4 Å². The van der Waals surface area contributed by atoms with Gasteiger partial charge in [-0.15, -0.1) is 6.58 Å². The molecular weight excluding hydrogens is 226 g/mol. The molecule has 1 saturated heterocycles. The Bertz CT molecular complexity index is 302. The van der Waals surface area contributed by atoms with Gasteiger partial charge in [0.05, 0.1) is 0 Å². The summed E-state index contributed by atoms with van der Waals surface area (Å²) in [5.41, 5.74) is 6.06. The van der Waals surface area contributed by atoms with Crippen LogP contribution in [-0.4, -0.2) is 54.0 Å². The number of carbonyl (C=O) groups is 1. The average Bonchev–Trinajstić information content (AvgIpc) is 2.77. The summed E-state index contributed by atoms with van der Waals surface area (Å²) >= 11 is 0. The Hall–Kier alpha value is -0.870. The van der Waals surface area contributed by atoms with Crippen molar-refractivity contribution in [2.75, 3.05) is 32.7 Å². The van der Waals surface area contributed by atoms with Crippen molar-refractivity contribution in [1.29, 1.82) is 0 Å². The molecule has 0 spiro atoms. The van der Waals surface area contributed by atoms with Gasteiger partial charge < -0.3 is 10.6 Å². The molecule has 4 nitrogen and oxygen atoms in total. The van der Waals surface area contributed by atoms with Gasteiger partial charge in [-0.1, -0.05) is 18.9 Å². The smallest absolute Gasteiger partial charge is 0.224 e. The van der Waals surface area contributed by atoms with Crippen LogP contribution in [0.3, 0.4) is 0 Å². The molecule has 1 heterocycles. The minimum absolute atomic E-state index is 0.213. The molecule has 0 radical (unpaired) electrons. The third-order valence-electron chi connectivity index (χ3n) is 4.21. The summed E-state index contributed by atoms with van der Waals surface area (Å²) in [6.45, 7) is 8.25. The first kappa shape index (κ1) is 13.6. The molecule has 2 aliphatic rings. The minimum atomic E-state index is -0.213. The van der Waals surface area contributed by atoms with E-state index in [1.165, 1.54) is 12.8 Å². The fourth-order valence-electron chi connectivity index (χ4n) is 3.03. The summed E-state index contributed by atoms with van der Waals surface area (Å²) < 4.78 is 0. The molecule has 0 bridgehead atoms. The lowest BCUT2D eigenvalue weighted by molar-refractivity contribution is -0.134. The second kappa shape index (κ2) is 5.85. The first-order valence-electron chi connectivity index (χ1n) is 7.03. The molecule has 1 saturated carbocycles. The number of nitrogens with two attached hydrogens (primary N) is 1. The van der Waals surface area contributed by atoms with Crippen LogP contribution in [0.2, 0.25) is 0 Å². The maximum Gasteiger partial charge on any atom is 0.224 e. The molecule has 1 aliphatic heterocycles. The third kappa shape index (κ3) is 3.33. The Labute approximate surface area is 110 Å². The maximum atomic E-state index is 12.2. The van der Waals surface area contributed by atoms with Crippen molar-refractivity contribution in [2.24, 2.45) is 5.73 Å². The van der Waals surface area contributed by atoms with Crippen LogP contribution >= 0.6 is 0 Å². The quantitative estimate of drug-likeness (QED) is 0.758. The molecular formula is C14H25N3O. The van der Waals surface area contributed by atoms with Gasteiger partial charge in [-0.3, -0.25) is 9.69 Å². The van der Waals surface area contributed by atoms with Gasteiger partial charge in [0.2, 0.25) is 5.91 Å². The molecule has 2 fully saturated rings. The minimum Gasteiger partial charge on any atom is -0.340 e. The lowest BCUT2D eigenvalue weighted by atomic mass is 9.94. The zero-order chi connectivity index (χ0) is 13.0. The van der Waals surface area contributed by atoms with Crippen LogP contribution in [0.15, 0.2) is 12.7 Å². The fraction of sp³-hybridized carbons (Fsp3) is 0.786. The van der Waals surface area contributed by atoms with Crippen molar-refractivity contribution in [2.45, 2.75) is 37.6 Å². The number of hydrogen-bond acceptors (Lipinski definition) is 3. The number of carbonyl (C=O) groups excluding carboxylic acids is 1. The van der Waals surface area contributed by atoms with Crippen LogP contribution < -0.4 is 5.73 Å². The number of amides is 1. The van der Waals surface area contributed by atoms with E-state index in [1.807, 2.05) is 11.0 Å². The summed E-state index contributed by atoms with van der Waals surface area (Å²) in [6.07, 6.45) is 6.83. The standard InChI is InChI=1S/C14H25N3O/c1-2-7-16-8-10-17(11-9-16)13(18)12-14(15)5-3-4-6-14/h2H,1,3-12,15H2. The van der Waals surface area contributed by atoms with Gasteiger partial charge in [-0.2, -0.15) is 0 Å². The molecule has 18 heavy (non-hydrogen) atoms. The molecule has 0 atom stereocenters. The predicted molar refractivity (Wildman–Crippen MR) is 73.2 cm³/mol. The van der Waals surface area contributed by atoms with Crippen LogP contribution in [0, 0.1) is 0 Å². The van der Waals surface area contributed by atoms with Crippen molar-refractivity contribution >= 4 is 5.91 Å². The van der Waals surface area contributed by atoms with E-state index in [4.69, 9.17) is 5.73 Å². The largest absolute Gasteiger partial charge is 0.340 e. The second-order valence-corrected chi connectivity index (χ2v) is 5.72. The summed E-state index contributed by atoms with van der Waals surface area (Å²) in [5.74, 6) is 0.248. The van der Waals surface area contributed by atoms with Gasteiger partial charge >= 0.3 is 0 Å². The molecule has 1 aliphatic carbocycles. The number of hydrogen-bond donors (Lipinski definition) is 1. The van der Waals surface area contributed by atoms with Gasteiger partial charge in [-0.05, 0) is 12.8 Å². The zero-order valence-corrected chi connectivity index (χ0v) is 11.2. The Kier molecular flexibility index (Phi) is 4.40. The predicted octanol–water partition coefficient (Wildman–Crippen LogP) is 0.978. The molecule has 0 aromatic heterocycles. The van der Waals surface area contributed by atoms with Crippen molar-refractivity contribution in [1.82, 2.24) is 9.80 Å². The van der Waals surface area contributed by atoms with Crippen LogP contribution in [0.4, 0.5) is 0 Å². The highest BCUT2D eigenvalue weighted by Gasteiger charge is 2.33. The summed E-state index contributed by atoms with van der Waals surface area (Å²) in [6, 6.07) is 0. The van der Waals surface area contributed by atoms with E-state index in [2.05, 4.69) is 11.5 Å². The number of piperazine rings is 1. The first-order chi connectivity index (χ1) is 8.63. The Morgan fingerprint density at radius 1 is 1.22 bits per heavy atom. The molecule has 1 amide bonds. The van der Waals surface area contributed by atoms with E-state index in [9.17, 15) is 4.79 Å². The normalized spacial score (nSPS) is 24.2. The van der Waals surface area contributed by atoms with E-state index in [0.717, 1.165) is 45.6 Å². The molecule has 2 rings (SSSR count). The highest BCUT2D eigenvalue weighted by molar-refractivity contribution is 5.77. The van der Waals surface area contributed by atoms with Gasteiger partial charge in [0.25, 0.3) is 0 Å². The van der Waals surface area contributed by atoms with Crippen molar-refractivity contribution in [3.63, 3.8) is 0 Å². The van der Waals surface area contributed by atoms with Crippen LogP contribution in [0.5, 0.6) is 0 Å². The zero-order valence-electron chi connectivity index (χ0n) is 11.2. The van der Waals surface area contributed by atoms with E-state index in [0.29, 0.717) is 6.42 Å². The van der Waals surface area contributed by atoms with Gasteiger partial charge in [0, 0.05) is 44.7 Å². The Balaban J connectivity index is 1.78. The van der Waals surface area contributed by atoms with Gasteiger partial charge in [0.1, 0.15) is 0 Å². The molecule has 0 aromatic rings. The fourth-order valence-corrected chi connectivity index (χ4v) is 3.03. The van der Waals surface area contributed by atoms with E-state index in [1.54, 1.807) is 0 Å². The lowest BCUT2D eigenvalue weighted by Crippen LogP contribution is -2.51. The molecule has 0 unspecified atom stereocenters. The second-order valence-electron chi connectivity index (χ2n) is 5.72. The summed E-state index contributed by atoms with van der Waals surface area (Å²) in [5, 5.41) is 0. The lowest BCUT2D eigenvalue weighted by Gasteiger charge is -2.36. The third-order valence-corrected chi connectivity index (χ3v) is 4.21. The Morgan fingerprint density at radius 3 is 2.39 bits per heavy atom. The molecule has 2 N–H and O–H groups in total. The van der Waals surface area contributed by atoms with Crippen molar-refractivity contribution in [3.8, 4) is 0 Å². The van der Waals surface area contributed by atoms with Crippen molar-refractivity contribution < 1.29 is 4.79 Å². The summed E-state index contributed by atoms with van der Waals surface area (Å²) in [4.78, 5) is 16.5. The van der Waals surface area contributed by atoms with Crippen LogP contribution in [-0.2, 0) is 4.79 Å². The van der Waals surface area contributed by atoms with Crippen LogP contribution in [0.1, 0.15) is 32.1 Å². The molecule has 0 aromatic carbocycles. The van der Waals surface area contributed by atoms with Gasteiger partial charge in [0.15, 0.2) is 0 Å². The number of rotatable bonds is 4. The number of nitrogens with zero attached hydrogens (tertiary/aromatic N) is 2. The molecule has 4 heteroatoms. The van der Waals surface area contributed by atoms with Crippen molar-refractivity contribution in [3.05, 3.63) is 12.7 Å². The maximum absolute atomic E-state index is 12.2. The summed E-state index contributed by atoms with van der Waals surface area (Å²) in [7, 11) is 0. The SMILES string of the molecule is C=CCN1CCN(C(=O)CC2(N)CCCC2)CC1. The monoisotopic (exact) mass is 251 g/mol. The highest BCUT2D eigenvalue weighted by Crippen LogP contribution is 2.30. The Morgan fingerprint density at radius 2 is 1.83 bits per heavy atom. The average molecular weight is 251 g/mol. The van der Waals surface area contributed by atoms with Gasteiger partial charge in [-0.25, -0.2) is 0 Å². The van der Waals surface area contributed by atoms with E-state index < -0.39 is 0 Å². The topological polar surface area (TPSA) is 49.6 Å². The van der Waals surface area contributed by atoms with Crippen LogP contribution in [0.25, 0.3) is 0 Å². The van der Waals surface area contributed by atoms with E-state index >= 15 is 0 Å². The highest BCUT2D eigenvalue weighted by atomic mass is 16.2. The first-order valence-corrected chi connectivity index (χ1v) is 7.03.